The molecule has 1 aromatic heterocycles. The Kier molecular flexibility index (Phi) is 4.57. The Bertz CT molecular complexity index is 528. The molecule has 0 saturated carbocycles. The Labute approximate surface area is 122 Å². The molecule has 0 aliphatic carbocycles. The number of anilines is 1. The van der Waals surface area contributed by atoms with Gasteiger partial charge in [-0.1, -0.05) is 6.07 Å². The van der Waals surface area contributed by atoms with Crippen LogP contribution >= 0.6 is 31.9 Å². The maximum Gasteiger partial charge on any atom is 0.148 e. The topological polar surface area (TPSA) is 60.2 Å². The summed E-state index contributed by atoms with van der Waals surface area (Å²) in [5.74, 6) is 6.69. The Hall–Kier alpha value is -1.11. The van der Waals surface area contributed by atoms with Crippen LogP contribution in [0.25, 0.3) is 0 Å². The van der Waals surface area contributed by atoms with Gasteiger partial charge in [0, 0.05) is 6.20 Å². The molecule has 0 unspecified atom stereocenters. The highest BCUT2D eigenvalue weighted by Gasteiger charge is 2.06. The minimum Gasteiger partial charge on any atom is -0.487 e. The Morgan fingerprint density at radius 2 is 1.94 bits per heavy atom. The van der Waals surface area contributed by atoms with Crippen LogP contribution in [0.3, 0.4) is 0 Å². The van der Waals surface area contributed by atoms with E-state index in [2.05, 4.69) is 42.3 Å². The van der Waals surface area contributed by atoms with Crippen molar-refractivity contribution in [2.24, 2.45) is 5.84 Å². The first kappa shape index (κ1) is 13.3. The van der Waals surface area contributed by atoms with Gasteiger partial charge in [-0.05, 0) is 61.7 Å². The van der Waals surface area contributed by atoms with Crippen LogP contribution in [0.4, 0.5) is 5.82 Å². The van der Waals surface area contributed by atoms with Gasteiger partial charge in [0.2, 0.25) is 0 Å². The summed E-state index contributed by atoms with van der Waals surface area (Å²) in [6.45, 7) is 0.443. The van der Waals surface area contributed by atoms with Crippen molar-refractivity contribution in [1.82, 2.24) is 4.98 Å². The van der Waals surface area contributed by atoms with Crippen LogP contribution in [0.2, 0.25) is 0 Å². The molecule has 1 heterocycles. The van der Waals surface area contributed by atoms with E-state index in [0.29, 0.717) is 12.4 Å². The molecule has 0 atom stereocenters. The highest BCUT2D eigenvalue weighted by atomic mass is 79.9. The minimum absolute atomic E-state index is 0.443. The monoisotopic (exact) mass is 371 g/mol. The largest absolute Gasteiger partial charge is 0.487 e. The lowest BCUT2D eigenvalue weighted by Gasteiger charge is -2.10. The molecule has 0 bridgehead atoms. The second-order valence-electron chi connectivity index (χ2n) is 3.53. The van der Waals surface area contributed by atoms with Gasteiger partial charge in [-0.3, -0.25) is 0 Å². The van der Waals surface area contributed by atoms with Crippen molar-refractivity contribution < 1.29 is 4.74 Å². The van der Waals surface area contributed by atoms with Gasteiger partial charge < -0.3 is 10.2 Å². The molecule has 3 N–H and O–H groups in total. The average molecular weight is 373 g/mol. The fourth-order valence-corrected chi connectivity index (χ4v) is 2.65. The fraction of sp³-hybridized carbons (Fsp3) is 0.0833. The van der Waals surface area contributed by atoms with Crippen molar-refractivity contribution in [1.29, 1.82) is 0 Å². The number of halogens is 2. The zero-order valence-electron chi connectivity index (χ0n) is 9.36. The number of nitrogens with one attached hydrogen (secondary N) is 1. The summed E-state index contributed by atoms with van der Waals surface area (Å²) in [5, 5.41) is 0. The third-order valence-electron chi connectivity index (χ3n) is 2.27. The fourth-order valence-electron chi connectivity index (χ4n) is 1.42. The number of hydrogen-bond acceptors (Lipinski definition) is 4. The lowest BCUT2D eigenvalue weighted by atomic mass is 10.3. The van der Waals surface area contributed by atoms with Crippen LogP contribution in [0, 0.1) is 0 Å². The number of hydrazine groups is 1. The number of para-hydroxylation sites is 1. The van der Waals surface area contributed by atoms with Crippen molar-refractivity contribution in [2.45, 2.75) is 6.61 Å². The third kappa shape index (κ3) is 3.22. The molecule has 0 amide bonds. The molecule has 1 aromatic carbocycles. The summed E-state index contributed by atoms with van der Waals surface area (Å²) < 4.78 is 7.57. The average Bonchev–Trinajstić information content (AvgIpc) is 2.38. The second-order valence-corrected chi connectivity index (χ2v) is 5.24. The molecular formula is C12H11Br2N3O. The van der Waals surface area contributed by atoms with Crippen LogP contribution in [0.1, 0.15) is 5.56 Å². The SMILES string of the molecule is NNc1cc(COc2c(Br)cccc2Br)ccn1. The van der Waals surface area contributed by atoms with Gasteiger partial charge in [-0.2, -0.15) is 0 Å². The lowest BCUT2D eigenvalue weighted by molar-refractivity contribution is 0.302. The number of hydrogen-bond donors (Lipinski definition) is 2. The number of benzene rings is 1. The number of nitrogen functional groups attached to an aromatic ring is 1. The van der Waals surface area contributed by atoms with Crippen molar-refractivity contribution in [2.75, 3.05) is 5.43 Å². The second kappa shape index (κ2) is 6.17. The van der Waals surface area contributed by atoms with Gasteiger partial charge in [-0.15, -0.1) is 0 Å². The molecule has 94 valence electrons. The molecule has 18 heavy (non-hydrogen) atoms. The van der Waals surface area contributed by atoms with E-state index in [0.717, 1.165) is 20.3 Å². The van der Waals surface area contributed by atoms with Gasteiger partial charge in [-0.25, -0.2) is 10.8 Å². The van der Waals surface area contributed by atoms with Gasteiger partial charge in [0.1, 0.15) is 18.2 Å². The first-order chi connectivity index (χ1) is 8.70. The molecule has 0 spiro atoms. The van der Waals surface area contributed by atoms with Crippen molar-refractivity contribution in [3.05, 3.63) is 51.0 Å². The number of nitrogens with zero attached hydrogens (tertiary/aromatic N) is 1. The number of aromatic nitrogens is 1. The van der Waals surface area contributed by atoms with Crippen molar-refractivity contribution in [3.8, 4) is 5.75 Å². The first-order valence-corrected chi connectivity index (χ1v) is 6.77. The van der Waals surface area contributed by atoms with Crippen molar-refractivity contribution >= 4 is 37.7 Å². The van der Waals surface area contributed by atoms with E-state index in [9.17, 15) is 0 Å². The molecule has 0 radical (unpaired) electrons. The normalized spacial score (nSPS) is 10.2. The molecule has 0 fully saturated rings. The van der Waals surface area contributed by atoms with Gasteiger partial charge in [0.25, 0.3) is 0 Å². The molecule has 4 nitrogen and oxygen atoms in total. The van der Waals surface area contributed by atoms with Crippen LogP contribution in [-0.2, 0) is 6.61 Å². The summed E-state index contributed by atoms with van der Waals surface area (Å²) >= 11 is 6.90. The molecule has 0 aliphatic heterocycles. The van der Waals surface area contributed by atoms with Crippen LogP contribution in [0.5, 0.6) is 5.75 Å². The van der Waals surface area contributed by atoms with Gasteiger partial charge >= 0.3 is 0 Å². The standard InChI is InChI=1S/C12H11Br2N3O/c13-9-2-1-3-10(14)12(9)18-7-8-4-5-16-11(6-8)17-15/h1-6H,7,15H2,(H,16,17). The number of nitrogens with two attached hydrogens (primary N) is 1. The zero-order valence-corrected chi connectivity index (χ0v) is 12.5. The molecule has 6 heteroatoms. The van der Waals surface area contributed by atoms with Gasteiger partial charge in [0.15, 0.2) is 0 Å². The summed E-state index contributed by atoms with van der Waals surface area (Å²) in [7, 11) is 0. The number of pyridine rings is 1. The Balaban J connectivity index is 2.11. The maximum absolute atomic E-state index is 5.76. The highest BCUT2D eigenvalue weighted by Crippen LogP contribution is 2.33. The number of ether oxygens (including phenoxy) is 1. The molecule has 2 rings (SSSR count). The molecule has 2 aromatic rings. The Morgan fingerprint density at radius 1 is 1.22 bits per heavy atom. The predicted octanol–water partition coefficient (Wildman–Crippen LogP) is 3.47. The molecule has 0 saturated heterocycles. The summed E-state index contributed by atoms with van der Waals surface area (Å²) in [6, 6.07) is 9.51. The van der Waals surface area contributed by atoms with E-state index in [1.807, 2.05) is 30.3 Å². The quantitative estimate of drug-likeness (QED) is 0.637. The van der Waals surface area contributed by atoms with Gasteiger partial charge in [0.05, 0.1) is 8.95 Å². The van der Waals surface area contributed by atoms with E-state index < -0.39 is 0 Å². The van der Waals surface area contributed by atoms with Crippen molar-refractivity contribution in [3.63, 3.8) is 0 Å². The van der Waals surface area contributed by atoms with E-state index in [1.165, 1.54) is 0 Å². The first-order valence-electron chi connectivity index (χ1n) is 5.19. The van der Waals surface area contributed by atoms with E-state index in [4.69, 9.17) is 10.6 Å². The van der Waals surface area contributed by atoms with Crippen LogP contribution < -0.4 is 16.0 Å². The molecular weight excluding hydrogens is 362 g/mol. The molecule has 0 aliphatic rings. The minimum atomic E-state index is 0.443. The summed E-state index contributed by atoms with van der Waals surface area (Å²) in [4.78, 5) is 4.04. The Morgan fingerprint density at radius 3 is 2.61 bits per heavy atom. The van der Waals surface area contributed by atoms with E-state index in [1.54, 1.807) is 6.20 Å². The number of rotatable bonds is 4. The van der Waals surface area contributed by atoms with Crippen LogP contribution in [0.15, 0.2) is 45.5 Å². The van der Waals surface area contributed by atoms with E-state index in [-0.39, 0.29) is 0 Å². The lowest BCUT2D eigenvalue weighted by Crippen LogP contribution is -2.09. The predicted molar refractivity (Wildman–Crippen MR) is 78.2 cm³/mol. The van der Waals surface area contributed by atoms with E-state index >= 15 is 0 Å². The van der Waals surface area contributed by atoms with Crippen LogP contribution in [-0.4, -0.2) is 4.98 Å². The highest BCUT2D eigenvalue weighted by molar-refractivity contribution is 9.11. The smallest absolute Gasteiger partial charge is 0.148 e. The summed E-state index contributed by atoms with van der Waals surface area (Å²) in [6.07, 6.45) is 1.68. The zero-order chi connectivity index (χ0) is 13.0. The third-order valence-corrected chi connectivity index (χ3v) is 3.52. The summed E-state index contributed by atoms with van der Waals surface area (Å²) in [5.41, 5.74) is 3.49. The maximum atomic E-state index is 5.76.